The van der Waals surface area contributed by atoms with Crippen LogP contribution >= 0.6 is 11.8 Å². The summed E-state index contributed by atoms with van der Waals surface area (Å²) in [6.07, 6.45) is 3.65. The van der Waals surface area contributed by atoms with Gasteiger partial charge in [-0.1, -0.05) is 36.0 Å². The molecule has 0 saturated carbocycles. The highest BCUT2D eigenvalue weighted by atomic mass is 32.2. The fourth-order valence-corrected chi connectivity index (χ4v) is 3.52. The summed E-state index contributed by atoms with van der Waals surface area (Å²) < 4.78 is 2.23. The SMILES string of the molecule is c1ccc(CSc2nc3ccccc3n2Cc2ccccn2)nc1. The van der Waals surface area contributed by atoms with Crippen LogP contribution in [0.5, 0.6) is 0 Å². The average Bonchev–Trinajstić information content (AvgIpc) is 2.99. The van der Waals surface area contributed by atoms with Crippen LogP contribution in [0.4, 0.5) is 0 Å². The zero-order valence-corrected chi connectivity index (χ0v) is 13.9. The quantitative estimate of drug-likeness (QED) is 0.515. The standard InChI is InChI=1S/C19H16N4S/c1-2-10-18-17(9-1)22-19(24-14-16-8-4-6-12-21-16)23(18)13-15-7-3-5-11-20-15/h1-12H,13-14H2. The molecule has 3 heterocycles. The summed E-state index contributed by atoms with van der Waals surface area (Å²) in [5.41, 5.74) is 4.22. The number of hydrogen-bond donors (Lipinski definition) is 0. The highest BCUT2D eigenvalue weighted by Crippen LogP contribution is 2.27. The lowest BCUT2D eigenvalue weighted by Gasteiger charge is -2.08. The number of benzene rings is 1. The number of fused-ring (bicyclic) bond motifs is 1. The van der Waals surface area contributed by atoms with Crippen LogP contribution in [0.15, 0.2) is 78.2 Å². The Kier molecular flexibility index (Phi) is 4.25. The molecule has 5 heteroatoms. The maximum absolute atomic E-state index is 4.79. The minimum atomic E-state index is 0.714. The van der Waals surface area contributed by atoms with Gasteiger partial charge in [-0.3, -0.25) is 9.97 Å². The maximum atomic E-state index is 4.79. The predicted octanol–water partition coefficient (Wildman–Crippen LogP) is 4.17. The van der Waals surface area contributed by atoms with Gasteiger partial charge in [0.25, 0.3) is 0 Å². The number of aromatic nitrogens is 4. The number of pyridine rings is 2. The molecule has 0 atom stereocenters. The predicted molar refractivity (Wildman–Crippen MR) is 96.9 cm³/mol. The molecule has 4 nitrogen and oxygen atoms in total. The van der Waals surface area contributed by atoms with Crippen LogP contribution in [0.1, 0.15) is 11.4 Å². The Morgan fingerprint density at radius 2 is 1.50 bits per heavy atom. The third kappa shape index (κ3) is 3.16. The number of imidazole rings is 1. The fraction of sp³-hybridized carbons (Fsp3) is 0.105. The summed E-state index contributed by atoms with van der Waals surface area (Å²) in [7, 11) is 0. The molecule has 0 aliphatic rings. The van der Waals surface area contributed by atoms with Crippen LogP contribution in [-0.4, -0.2) is 19.5 Å². The van der Waals surface area contributed by atoms with E-state index in [0.29, 0.717) is 6.54 Å². The van der Waals surface area contributed by atoms with Crippen molar-refractivity contribution in [1.29, 1.82) is 0 Å². The van der Waals surface area contributed by atoms with Crippen molar-refractivity contribution in [3.8, 4) is 0 Å². The van der Waals surface area contributed by atoms with Gasteiger partial charge in [-0.25, -0.2) is 4.98 Å². The van der Waals surface area contributed by atoms with Crippen LogP contribution in [-0.2, 0) is 12.3 Å². The molecule has 24 heavy (non-hydrogen) atoms. The molecule has 1 aromatic carbocycles. The van der Waals surface area contributed by atoms with Gasteiger partial charge in [0.15, 0.2) is 5.16 Å². The Morgan fingerprint density at radius 3 is 2.25 bits per heavy atom. The average molecular weight is 332 g/mol. The topological polar surface area (TPSA) is 43.6 Å². The monoisotopic (exact) mass is 332 g/mol. The molecule has 0 spiro atoms. The van der Waals surface area contributed by atoms with E-state index in [1.54, 1.807) is 11.8 Å². The third-order valence-corrected chi connectivity index (χ3v) is 4.75. The first kappa shape index (κ1) is 14.9. The Hall–Kier alpha value is -2.66. The number of rotatable bonds is 5. The molecular weight excluding hydrogens is 316 g/mol. The number of thioether (sulfide) groups is 1. The first-order valence-electron chi connectivity index (χ1n) is 7.78. The molecule has 4 rings (SSSR count). The summed E-state index contributed by atoms with van der Waals surface area (Å²) in [6.45, 7) is 0.714. The largest absolute Gasteiger partial charge is 0.313 e. The van der Waals surface area contributed by atoms with Gasteiger partial charge < -0.3 is 4.57 Å². The van der Waals surface area contributed by atoms with E-state index in [0.717, 1.165) is 33.3 Å². The Bertz CT molecular complexity index is 935. The van der Waals surface area contributed by atoms with Gasteiger partial charge in [0, 0.05) is 18.1 Å². The Labute approximate surface area is 144 Å². The molecule has 4 aromatic rings. The first-order valence-corrected chi connectivity index (χ1v) is 8.76. The van der Waals surface area contributed by atoms with Crippen molar-refractivity contribution in [3.05, 3.63) is 84.4 Å². The first-order chi connectivity index (χ1) is 11.9. The minimum Gasteiger partial charge on any atom is -0.313 e. The van der Waals surface area contributed by atoms with E-state index in [1.165, 1.54) is 0 Å². The van der Waals surface area contributed by atoms with E-state index in [2.05, 4.69) is 26.7 Å². The minimum absolute atomic E-state index is 0.714. The van der Waals surface area contributed by atoms with Gasteiger partial charge >= 0.3 is 0 Å². The second-order valence-corrected chi connectivity index (χ2v) is 6.34. The summed E-state index contributed by atoms with van der Waals surface area (Å²) in [5.74, 6) is 0.798. The summed E-state index contributed by atoms with van der Waals surface area (Å²) in [6, 6.07) is 20.2. The molecule has 0 aliphatic heterocycles. The van der Waals surface area contributed by atoms with Gasteiger partial charge in [0.05, 0.1) is 29.0 Å². The maximum Gasteiger partial charge on any atom is 0.169 e. The molecule has 0 aliphatic carbocycles. The van der Waals surface area contributed by atoms with E-state index >= 15 is 0 Å². The fourth-order valence-electron chi connectivity index (χ4n) is 2.59. The highest BCUT2D eigenvalue weighted by Gasteiger charge is 2.12. The smallest absolute Gasteiger partial charge is 0.169 e. The molecule has 3 aromatic heterocycles. The van der Waals surface area contributed by atoms with Gasteiger partial charge in [0.1, 0.15) is 0 Å². The van der Waals surface area contributed by atoms with Gasteiger partial charge in [0.2, 0.25) is 0 Å². The highest BCUT2D eigenvalue weighted by molar-refractivity contribution is 7.98. The molecule has 0 unspecified atom stereocenters. The third-order valence-electron chi connectivity index (χ3n) is 3.74. The molecular formula is C19H16N4S. The van der Waals surface area contributed by atoms with Crippen molar-refractivity contribution < 1.29 is 0 Å². The van der Waals surface area contributed by atoms with E-state index < -0.39 is 0 Å². The lowest BCUT2D eigenvalue weighted by atomic mass is 10.3. The molecule has 0 fully saturated rings. The Balaban J connectivity index is 1.67. The van der Waals surface area contributed by atoms with E-state index in [4.69, 9.17) is 4.98 Å². The van der Waals surface area contributed by atoms with Gasteiger partial charge in [-0.2, -0.15) is 0 Å². The summed E-state index contributed by atoms with van der Waals surface area (Å²) in [5, 5.41) is 0.993. The van der Waals surface area contributed by atoms with Crippen molar-refractivity contribution in [3.63, 3.8) is 0 Å². The normalized spacial score (nSPS) is 11.0. The molecule has 0 bridgehead atoms. The molecule has 118 valence electrons. The lowest BCUT2D eigenvalue weighted by Crippen LogP contribution is -2.03. The zero-order valence-electron chi connectivity index (χ0n) is 13.0. The van der Waals surface area contributed by atoms with Crippen LogP contribution < -0.4 is 0 Å². The van der Waals surface area contributed by atoms with Crippen molar-refractivity contribution in [1.82, 2.24) is 19.5 Å². The molecule has 0 amide bonds. The second kappa shape index (κ2) is 6.84. The van der Waals surface area contributed by atoms with Gasteiger partial charge in [-0.05, 0) is 36.4 Å². The lowest BCUT2D eigenvalue weighted by molar-refractivity contribution is 0.714. The van der Waals surface area contributed by atoms with Crippen molar-refractivity contribution >= 4 is 22.8 Å². The van der Waals surface area contributed by atoms with Crippen LogP contribution in [0, 0.1) is 0 Å². The van der Waals surface area contributed by atoms with E-state index in [9.17, 15) is 0 Å². The van der Waals surface area contributed by atoms with E-state index in [1.807, 2.05) is 60.9 Å². The van der Waals surface area contributed by atoms with Crippen molar-refractivity contribution in [2.24, 2.45) is 0 Å². The molecule has 0 radical (unpaired) electrons. The molecule has 0 N–H and O–H groups in total. The van der Waals surface area contributed by atoms with E-state index in [-0.39, 0.29) is 0 Å². The van der Waals surface area contributed by atoms with Crippen LogP contribution in [0.3, 0.4) is 0 Å². The van der Waals surface area contributed by atoms with Crippen LogP contribution in [0.25, 0.3) is 11.0 Å². The zero-order chi connectivity index (χ0) is 16.2. The summed E-state index contributed by atoms with van der Waals surface area (Å²) in [4.78, 5) is 13.6. The summed E-state index contributed by atoms with van der Waals surface area (Å²) >= 11 is 1.71. The van der Waals surface area contributed by atoms with Gasteiger partial charge in [-0.15, -0.1) is 0 Å². The van der Waals surface area contributed by atoms with Crippen molar-refractivity contribution in [2.75, 3.05) is 0 Å². The van der Waals surface area contributed by atoms with Crippen molar-refractivity contribution in [2.45, 2.75) is 17.5 Å². The number of para-hydroxylation sites is 2. The Morgan fingerprint density at radius 1 is 0.792 bits per heavy atom. The van der Waals surface area contributed by atoms with Crippen LogP contribution in [0.2, 0.25) is 0 Å². The molecule has 0 saturated heterocycles. The second-order valence-electron chi connectivity index (χ2n) is 5.40. The number of hydrogen-bond acceptors (Lipinski definition) is 4. The number of nitrogens with zero attached hydrogens (tertiary/aromatic N) is 4.